The number of hydrogen-bond donors (Lipinski definition) is 2. The van der Waals surface area contributed by atoms with Crippen LogP contribution in [0.25, 0.3) is 0 Å². The van der Waals surface area contributed by atoms with E-state index in [4.69, 9.17) is 23.8 Å². The van der Waals surface area contributed by atoms with Crippen molar-refractivity contribution in [2.75, 3.05) is 13.1 Å². The van der Waals surface area contributed by atoms with Crippen molar-refractivity contribution in [2.24, 2.45) is 11.5 Å². The minimum atomic E-state index is -2.60. The highest BCUT2D eigenvalue weighted by atomic mass is 28.5. The molecule has 133 valence electrons. The predicted molar refractivity (Wildman–Crippen MR) is 104 cm³/mol. The van der Waals surface area contributed by atoms with Crippen LogP contribution in [0.3, 0.4) is 0 Å². The van der Waals surface area contributed by atoms with E-state index in [1.807, 2.05) is 0 Å². The molecule has 9 heteroatoms. The Morgan fingerprint density at radius 2 is 1.14 bits per heavy atom. The Balaban J connectivity index is 4.98. The number of rotatable bonds is 12. The van der Waals surface area contributed by atoms with E-state index in [2.05, 4.69) is 45.8 Å². The van der Waals surface area contributed by atoms with Gasteiger partial charge in [0.15, 0.2) is 25.7 Å². The summed E-state index contributed by atoms with van der Waals surface area (Å²) in [5, 5.41) is 0. The SMILES string of the molecule is C[Si](C)O[Si](C)(O[Si](C)(C)CCCN)O[Si](C)(C)CCCN. The van der Waals surface area contributed by atoms with E-state index in [1.165, 1.54) is 0 Å². The molecule has 0 rings (SSSR count). The van der Waals surface area contributed by atoms with Gasteiger partial charge in [-0.05, 0) is 77.3 Å². The maximum Gasteiger partial charge on any atom is 0.466 e. The molecule has 0 aromatic rings. The summed E-state index contributed by atoms with van der Waals surface area (Å²) in [5.41, 5.74) is 11.3. The fourth-order valence-electron chi connectivity index (χ4n) is 2.59. The molecule has 0 unspecified atom stereocenters. The summed E-state index contributed by atoms with van der Waals surface area (Å²) in [6.45, 7) is 16.8. The van der Waals surface area contributed by atoms with Crippen LogP contribution in [0.4, 0.5) is 0 Å². The van der Waals surface area contributed by atoms with E-state index in [9.17, 15) is 0 Å². The second-order valence-corrected chi connectivity index (χ2v) is 21.4. The van der Waals surface area contributed by atoms with Gasteiger partial charge in [-0.2, -0.15) is 0 Å². The average Bonchev–Trinajstić information content (AvgIpc) is 2.31. The minimum absolute atomic E-state index is 0.715. The number of hydrogen-bond acceptors (Lipinski definition) is 5. The number of nitrogens with two attached hydrogens (primary N) is 2. The van der Waals surface area contributed by atoms with Gasteiger partial charge in [0.2, 0.25) is 0 Å². The van der Waals surface area contributed by atoms with E-state index < -0.39 is 34.5 Å². The molecule has 0 heterocycles. The summed E-state index contributed by atoms with van der Waals surface area (Å²) in [7, 11) is -7.09. The zero-order chi connectivity index (χ0) is 17.4. The van der Waals surface area contributed by atoms with E-state index >= 15 is 0 Å². The molecular weight excluding hydrogens is 344 g/mol. The molecule has 0 atom stereocenters. The first-order valence-corrected chi connectivity index (χ1v) is 19.1. The van der Waals surface area contributed by atoms with Crippen LogP contribution in [-0.4, -0.2) is 47.6 Å². The third-order valence-electron chi connectivity index (χ3n) is 3.28. The molecule has 0 aliphatic carbocycles. The van der Waals surface area contributed by atoms with Crippen LogP contribution in [0.15, 0.2) is 0 Å². The van der Waals surface area contributed by atoms with Gasteiger partial charge in [0.05, 0.1) is 0 Å². The Morgan fingerprint density at radius 1 is 0.773 bits per heavy atom. The third-order valence-corrected chi connectivity index (χ3v) is 16.9. The van der Waals surface area contributed by atoms with Crippen LogP contribution in [0.1, 0.15) is 12.8 Å². The molecule has 0 amide bonds. The zero-order valence-electron chi connectivity index (χ0n) is 15.6. The van der Waals surface area contributed by atoms with Crippen molar-refractivity contribution >= 4 is 34.5 Å². The summed E-state index contributed by atoms with van der Waals surface area (Å²) in [6.07, 6.45) is 2.02. The lowest BCUT2D eigenvalue weighted by molar-refractivity contribution is 0.264. The van der Waals surface area contributed by atoms with Gasteiger partial charge in [-0.1, -0.05) is 0 Å². The van der Waals surface area contributed by atoms with E-state index in [0.717, 1.165) is 24.9 Å². The topological polar surface area (TPSA) is 79.7 Å². The van der Waals surface area contributed by atoms with Crippen LogP contribution in [0.5, 0.6) is 0 Å². The first kappa shape index (κ1) is 22.7. The molecule has 0 aromatic heterocycles. The van der Waals surface area contributed by atoms with Gasteiger partial charge in [-0.25, -0.2) is 0 Å². The summed E-state index contributed by atoms with van der Waals surface area (Å²) in [5.74, 6) is 0. The fraction of sp³-hybridized carbons (Fsp3) is 1.00. The molecule has 0 saturated carbocycles. The third kappa shape index (κ3) is 10.4. The van der Waals surface area contributed by atoms with Crippen molar-refractivity contribution in [3.05, 3.63) is 0 Å². The molecule has 0 aliphatic rings. The second-order valence-electron chi connectivity index (χ2n) is 7.38. The molecule has 0 saturated heterocycles. The second kappa shape index (κ2) is 9.84. The standard InChI is InChI=1S/C13H37N2O3Si4/c1-19(2)16-22(7,17-20(3,4)12-8-10-14)18-21(5,6)13-9-11-15/h8-15H2,1-7H3. The smallest absolute Gasteiger partial charge is 0.417 e. The molecule has 0 fully saturated rings. The predicted octanol–water partition coefficient (Wildman–Crippen LogP) is 2.96. The lowest BCUT2D eigenvalue weighted by Gasteiger charge is -2.40. The fourth-order valence-corrected chi connectivity index (χ4v) is 18.1. The van der Waals surface area contributed by atoms with Gasteiger partial charge in [0.1, 0.15) is 0 Å². The Morgan fingerprint density at radius 3 is 1.41 bits per heavy atom. The van der Waals surface area contributed by atoms with Crippen LogP contribution in [0.2, 0.25) is 57.9 Å². The van der Waals surface area contributed by atoms with Gasteiger partial charge in [-0.3, -0.25) is 0 Å². The molecule has 5 nitrogen and oxygen atoms in total. The molecule has 1 radical (unpaired) electrons. The van der Waals surface area contributed by atoms with E-state index in [-0.39, 0.29) is 0 Å². The largest absolute Gasteiger partial charge is 0.466 e. The van der Waals surface area contributed by atoms with Crippen molar-refractivity contribution in [1.29, 1.82) is 0 Å². The first-order chi connectivity index (χ1) is 9.95. The lowest BCUT2D eigenvalue weighted by Crippen LogP contribution is -2.57. The van der Waals surface area contributed by atoms with E-state index in [0.29, 0.717) is 13.1 Å². The van der Waals surface area contributed by atoms with Crippen molar-refractivity contribution in [1.82, 2.24) is 0 Å². The molecule has 0 aromatic carbocycles. The van der Waals surface area contributed by atoms with Crippen LogP contribution in [-0.2, 0) is 12.3 Å². The maximum atomic E-state index is 6.56. The average molecular weight is 382 g/mol. The van der Waals surface area contributed by atoms with Crippen LogP contribution < -0.4 is 11.5 Å². The van der Waals surface area contributed by atoms with Gasteiger partial charge in [0, 0.05) is 6.55 Å². The maximum absolute atomic E-state index is 6.56. The monoisotopic (exact) mass is 381 g/mol. The Kier molecular flexibility index (Phi) is 10.1. The Labute approximate surface area is 142 Å². The van der Waals surface area contributed by atoms with Crippen molar-refractivity contribution < 1.29 is 12.3 Å². The van der Waals surface area contributed by atoms with Crippen molar-refractivity contribution in [3.8, 4) is 0 Å². The lowest BCUT2D eigenvalue weighted by atomic mass is 10.5. The molecule has 22 heavy (non-hydrogen) atoms. The summed E-state index contributed by atoms with van der Waals surface area (Å²) >= 11 is 0. The highest BCUT2D eigenvalue weighted by Gasteiger charge is 2.45. The summed E-state index contributed by atoms with van der Waals surface area (Å²) < 4.78 is 19.4. The van der Waals surface area contributed by atoms with Gasteiger partial charge < -0.3 is 23.8 Å². The van der Waals surface area contributed by atoms with Crippen molar-refractivity contribution in [3.63, 3.8) is 0 Å². The van der Waals surface area contributed by atoms with Crippen molar-refractivity contribution in [2.45, 2.75) is 70.8 Å². The summed E-state index contributed by atoms with van der Waals surface area (Å²) in [4.78, 5) is 0. The quantitative estimate of drug-likeness (QED) is 0.508. The normalized spacial score (nSPS) is 13.9. The Hall–Kier alpha value is 0.668. The molecule has 4 N–H and O–H groups in total. The van der Waals surface area contributed by atoms with Crippen LogP contribution >= 0.6 is 0 Å². The van der Waals surface area contributed by atoms with E-state index in [1.54, 1.807) is 0 Å². The molecular formula is C13H37N2O3Si4. The Bertz CT molecular complexity index is 296. The molecule has 0 aliphatic heterocycles. The molecule has 0 bridgehead atoms. The molecule has 0 spiro atoms. The first-order valence-electron chi connectivity index (χ1n) is 8.25. The highest BCUT2D eigenvalue weighted by molar-refractivity contribution is 6.87. The van der Waals surface area contributed by atoms with Gasteiger partial charge in [0.25, 0.3) is 0 Å². The minimum Gasteiger partial charge on any atom is -0.417 e. The summed E-state index contributed by atoms with van der Waals surface area (Å²) in [6, 6.07) is 2.11. The van der Waals surface area contributed by atoms with Gasteiger partial charge >= 0.3 is 8.80 Å². The van der Waals surface area contributed by atoms with Gasteiger partial charge in [-0.15, -0.1) is 0 Å². The van der Waals surface area contributed by atoms with Crippen LogP contribution in [0, 0.1) is 0 Å². The zero-order valence-corrected chi connectivity index (χ0v) is 19.6. The highest BCUT2D eigenvalue weighted by Crippen LogP contribution is 2.27.